The smallest absolute Gasteiger partial charge is 0.324 e. The Morgan fingerprint density at radius 2 is 1.61 bits per heavy atom. The zero-order valence-corrected chi connectivity index (χ0v) is 21.0. The number of amides is 3. The van der Waals surface area contributed by atoms with Gasteiger partial charge in [-0.25, -0.2) is 0 Å². The summed E-state index contributed by atoms with van der Waals surface area (Å²) < 4.78 is 3.98. The van der Waals surface area contributed by atoms with Crippen LogP contribution in [0.3, 0.4) is 0 Å². The Morgan fingerprint density at radius 1 is 1.06 bits per heavy atom. The number of methoxy groups -OCH3 is 1. The predicted octanol–water partition coefficient (Wildman–Crippen LogP) is 0.984. The van der Waals surface area contributed by atoms with Crippen LogP contribution in [-0.4, -0.2) is 83.3 Å². The standard InChI is InChI=1S/C21H40N4O5S/c1-9-10-16(26)24(6)15(12-31-21(4,5)17(22)20(29)30-8)19(28)25(7)14(18(23)27)11-13(2)3/h13-15,17H,9-12,22H2,1-8H3,(H2,23,27)/t14-,15+,17-/m0/s1. The number of likely N-dealkylation sites (N-methyl/N-ethyl adjacent to an activating group) is 2. The van der Waals surface area contributed by atoms with Crippen molar-refractivity contribution in [3.8, 4) is 0 Å². The van der Waals surface area contributed by atoms with E-state index in [0.717, 1.165) is 0 Å². The molecule has 0 aliphatic carbocycles. The van der Waals surface area contributed by atoms with E-state index in [1.54, 1.807) is 20.9 Å². The molecule has 9 nitrogen and oxygen atoms in total. The number of nitrogens with zero attached hydrogens (tertiary/aromatic N) is 2. The van der Waals surface area contributed by atoms with Gasteiger partial charge in [0.15, 0.2) is 0 Å². The normalized spacial score (nSPS) is 14.5. The van der Waals surface area contributed by atoms with Gasteiger partial charge < -0.3 is 26.0 Å². The van der Waals surface area contributed by atoms with Crippen LogP contribution in [0.15, 0.2) is 0 Å². The molecule has 0 aromatic rings. The lowest BCUT2D eigenvalue weighted by Gasteiger charge is -2.36. The van der Waals surface area contributed by atoms with E-state index in [4.69, 9.17) is 16.2 Å². The third kappa shape index (κ3) is 8.68. The summed E-state index contributed by atoms with van der Waals surface area (Å²) in [5.74, 6) is -1.36. The topological polar surface area (TPSA) is 136 Å². The largest absolute Gasteiger partial charge is 0.468 e. The average molecular weight is 461 g/mol. The molecule has 0 radical (unpaired) electrons. The minimum Gasteiger partial charge on any atom is -0.468 e. The van der Waals surface area contributed by atoms with E-state index in [0.29, 0.717) is 19.3 Å². The van der Waals surface area contributed by atoms with Crippen molar-refractivity contribution < 1.29 is 23.9 Å². The highest BCUT2D eigenvalue weighted by Gasteiger charge is 2.38. The summed E-state index contributed by atoms with van der Waals surface area (Å²) >= 11 is 1.30. The summed E-state index contributed by atoms with van der Waals surface area (Å²) in [6, 6.07) is -2.53. The van der Waals surface area contributed by atoms with E-state index in [-0.39, 0.29) is 23.5 Å². The fraction of sp³-hybridized carbons (Fsp3) is 0.810. The number of hydrogen-bond acceptors (Lipinski definition) is 7. The van der Waals surface area contributed by atoms with Gasteiger partial charge in [-0.3, -0.25) is 19.2 Å². The second-order valence-corrected chi connectivity index (χ2v) is 10.4. The van der Waals surface area contributed by atoms with Crippen molar-refractivity contribution in [3.63, 3.8) is 0 Å². The zero-order valence-electron chi connectivity index (χ0n) is 20.1. The Hall–Kier alpha value is -1.81. The van der Waals surface area contributed by atoms with E-state index in [9.17, 15) is 19.2 Å². The third-order valence-corrected chi connectivity index (χ3v) is 6.75. The van der Waals surface area contributed by atoms with Gasteiger partial charge >= 0.3 is 5.97 Å². The van der Waals surface area contributed by atoms with E-state index in [2.05, 4.69) is 0 Å². The molecule has 180 valence electrons. The number of ether oxygens (including phenoxy) is 1. The zero-order chi connectivity index (χ0) is 24.5. The number of carbonyl (C=O) groups is 4. The fourth-order valence-electron chi connectivity index (χ4n) is 3.01. The van der Waals surface area contributed by atoms with Crippen LogP contribution in [0.1, 0.15) is 53.9 Å². The molecule has 0 unspecified atom stereocenters. The van der Waals surface area contributed by atoms with Gasteiger partial charge in [0.05, 0.1) is 7.11 Å². The molecule has 0 rings (SSSR count). The molecule has 3 atom stereocenters. The van der Waals surface area contributed by atoms with Crippen LogP contribution in [0, 0.1) is 5.92 Å². The van der Waals surface area contributed by atoms with Crippen molar-refractivity contribution in [2.45, 2.75) is 76.8 Å². The van der Waals surface area contributed by atoms with E-state index in [1.165, 1.54) is 35.7 Å². The molecule has 0 aliphatic rings. The summed E-state index contributed by atoms with van der Waals surface area (Å²) in [5.41, 5.74) is 11.6. The van der Waals surface area contributed by atoms with Gasteiger partial charge in [0.25, 0.3) is 0 Å². The molecular formula is C21H40N4O5S. The van der Waals surface area contributed by atoms with Crippen LogP contribution in [0.25, 0.3) is 0 Å². The quantitative estimate of drug-likeness (QED) is 0.391. The summed E-state index contributed by atoms with van der Waals surface area (Å²) in [7, 11) is 4.37. The lowest BCUT2D eigenvalue weighted by molar-refractivity contribution is -0.146. The Labute approximate surface area is 190 Å². The van der Waals surface area contributed by atoms with Gasteiger partial charge in [-0.2, -0.15) is 11.8 Å². The number of rotatable bonds is 13. The first-order valence-electron chi connectivity index (χ1n) is 10.5. The van der Waals surface area contributed by atoms with Crippen molar-refractivity contribution in [3.05, 3.63) is 0 Å². The monoisotopic (exact) mass is 460 g/mol. The van der Waals surface area contributed by atoms with Crippen molar-refractivity contribution in [2.75, 3.05) is 27.0 Å². The first-order valence-corrected chi connectivity index (χ1v) is 11.5. The van der Waals surface area contributed by atoms with Gasteiger partial charge in [-0.1, -0.05) is 20.8 Å². The van der Waals surface area contributed by atoms with Crippen LogP contribution in [0.2, 0.25) is 0 Å². The molecule has 3 amide bonds. The second-order valence-electron chi connectivity index (χ2n) is 8.68. The van der Waals surface area contributed by atoms with Gasteiger partial charge in [-0.05, 0) is 32.6 Å². The molecule has 0 heterocycles. The molecule has 0 aromatic heterocycles. The molecule has 0 saturated carbocycles. The molecule has 10 heteroatoms. The highest BCUT2D eigenvalue weighted by Crippen LogP contribution is 2.30. The molecule has 0 fully saturated rings. The summed E-state index contributed by atoms with van der Waals surface area (Å²) in [5, 5.41) is 0. The highest BCUT2D eigenvalue weighted by molar-refractivity contribution is 8.00. The van der Waals surface area contributed by atoms with Crippen LogP contribution in [-0.2, 0) is 23.9 Å². The van der Waals surface area contributed by atoms with Gasteiger partial charge in [0.1, 0.15) is 18.1 Å². The highest BCUT2D eigenvalue weighted by atomic mass is 32.2. The molecule has 0 aliphatic heterocycles. The van der Waals surface area contributed by atoms with Crippen molar-refractivity contribution in [1.29, 1.82) is 0 Å². The van der Waals surface area contributed by atoms with Gasteiger partial charge in [0.2, 0.25) is 17.7 Å². The number of nitrogens with two attached hydrogens (primary N) is 2. The summed E-state index contributed by atoms with van der Waals surface area (Å²) in [6.45, 7) is 9.32. The number of esters is 1. The maximum atomic E-state index is 13.4. The lowest BCUT2D eigenvalue weighted by atomic mass is 10.0. The van der Waals surface area contributed by atoms with Crippen molar-refractivity contribution >= 4 is 35.5 Å². The minimum absolute atomic E-state index is 0.150. The van der Waals surface area contributed by atoms with E-state index >= 15 is 0 Å². The minimum atomic E-state index is -0.910. The van der Waals surface area contributed by atoms with Crippen LogP contribution >= 0.6 is 11.8 Å². The van der Waals surface area contributed by atoms with Crippen LogP contribution < -0.4 is 11.5 Å². The SMILES string of the molecule is CCCC(=O)N(C)[C@H](CSC(C)(C)[C@@H](N)C(=O)OC)C(=O)N(C)[C@@H](CC(C)C)C(N)=O. The number of thioether (sulfide) groups is 1. The molecule has 0 bridgehead atoms. The molecule has 0 saturated heterocycles. The predicted molar refractivity (Wildman–Crippen MR) is 123 cm³/mol. The molecule has 31 heavy (non-hydrogen) atoms. The number of primary amides is 1. The molecular weight excluding hydrogens is 420 g/mol. The van der Waals surface area contributed by atoms with Crippen LogP contribution in [0.4, 0.5) is 0 Å². The second kappa shape index (κ2) is 12.9. The third-order valence-electron chi connectivity index (χ3n) is 5.27. The first-order chi connectivity index (χ1) is 14.2. The Balaban J connectivity index is 5.79. The molecule has 0 aromatic carbocycles. The van der Waals surface area contributed by atoms with Crippen molar-refractivity contribution in [1.82, 2.24) is 9.80 Å². The van der Waals surface area contributed by atoms with Gasteiger partial charge in [0, 0.05) is 31.0 Å². The maximum Gasteiger partial charge on any atom is 0.324 e. The molecule has 0 spiro atoms. The van der Waals surface area contributed by atoms with E-state index in [1.807, 2.05) is 20.8 Å². The Bertz CT molecular complexity index is 641. The first kappa shape index (κ1) is 29.2. The summed E-state index contributed by atoms with van der Waals surface area (Å²) in [4.78, 5) is 52.6. The van der Waals surface area contributed by atoms with Crippen LogP contribution in [0.5, 0.6) is 0 Å². The maximum absolute atomic E-state index is 13.4. The average Bonchev–Trinajstić information content (AvgIpc) is 2.69. The number of hydrogen-bond donors (Lipinski definition) is 2. The van der Waals surface area contributed by atoms with Gasteiger partial charge in [-0.15, -0.1) is 0 Å². The molecule has 4 N–H and O–H groups in total. The fourth-order valence-corrected chi connectivity index (χ4v) is 4.24. The van der Waals surface area contributed by atoms with E-state index < -0.39 is 34.7 Å². The lowest BCUT2D eigenvalue weighted by Crippen LogP contribution is -2.56. The Kier molecular flexibility index (Phi) is 12.1. The summed E-state index contributed by atoms with van der Waals surface area (Å²) in [6.07, 6.45) is 1.36. The number of carbonyl (C=O) groups excluding carboxylic acids is 4. The van der Waals surface area contributed by atoms with Crippen molar-refractivity contribution in [2.24, 2.45) is 17.4 Å². The Morgan fingerprint density at radius 3 is 2.03 bits per heavy atom.